The molecule has 0 spiro atoms. The fourth-order valence-corrected chi connectivity index (χ4v) is 3.21. The van der Waals surface area contributed by atoms with Crippen molar-refractivity contribution in [2.45, 2.75) is 72.6 Å². The molecule has 0 radical (unpaired) electrons. The molecule has 2 heteroatoms. The summed E-state index contributed by atoms with van der Waals surface area (Å²) in [4.78, 5) is 2.53. The van der Waals surface area contributed by atoms with Crippen LogP contribution in [-0.2, 0) is 0 Å². The number of hydrogen-bond acceptors (Lipinski definition) is 2. The maximum Gasteiger partial charge on any atom is -0.00138 e. The van der Waals surface area contributed by atoms with Gasteiger partial charge in [0.25, 0.3) is 0 Å². The zero-order valence-electron chi connectivity index (χ0n) is 14.5. The molecule has 2 fully saturated rings. The Morgan fingerprint density at radius 1 is 1.00 bits per heavy atom. The molecule has 2 nitrogen and oxygen atoms in total. The summed E-state index contributed by atoms with van der Waals surface area (Å²) in [6, 6.07) is 0. The number of rotatable bonds is 4. The van der Waals surface area contributed by atoms with Gasteiger partial charge in [-0.05, 0) is 69.7 Å². The molecule has 20 heavy (non-hydrogen) atoms. The van der Waals surface area contributed by atoms with E-state index in [1.54, 1.807) is 0 Å². The average Bonchev–Trinajstić information content (AvgIpc) is 2.47. The number of likely N-dealkylation sites (tertiary alicyclic amines) is 1. The lowest BCUT2D eigenvalue weighted by molar-refractivity contribution is 0.138. The molecule has 0 aromatic rings. The summed E-state index contributed by atoms with van der Waals surface area (Å²) in [6.45, 7) is 15.4. The van der Waals surface area contributed by atoms with Gasteiger partial charge in [0.05, 0.1) is 0 Å². The van der Waals surface area contributed by atoms with E-state index < -0.39 is 0 Å². The van der Waals surface area contributed by atoms with E-state index in [0.717, 1.165) is 12.5 Å². The van der Waals surface area contributed by atoms with E-state index in [1.165, 1.54) is 71.1 Å². The van der Waals surface area contributed by atoms with Gasteiger partial charge in [-0.2, -0.15) is 0 Å². The fourth-order valence-electron chi connectivity index (χ4n) is 3.21. The van der Waals surface area contributed by atoms with Crippen molar-refractivity contribution in [3.8, 4) is 0 Å². The Kier molecular flexibility index (Phi) is 8.79. The Bertz CT molecular complexity index is 222. The number of piperidine rings is 1. The first kappa shape index (κ1) is 18.0. The highest BCUT2D eigenvalue weighted by Gasteiger charge is 2.23. The van der Waals surface area contributed by atoms with E-state index in [-0.39, 0.29) is 0 Å². The van der Waals surface area contributed by atoms with Crippen molar-refractivity contribution >= 4 is 0 Å². The highest BCUT2D eigenvalue weighted by Crippen LogP contribution is 2.29. The van der Waals surface area contributed by atoms with Crippen molar-refractivity contribution in [3.63, 3.8) is 0 Å². The largest absolute Gasteiger partial charge is 0.317 e. The van der Waals surface area contributed by atoms with Crippen LogP contribution in [0, 0.1) is 11.3 Å². The molecular weight excluding hydrogens is 244 g/mol. The van der Waals surface area contributed by atoms with E-state index in [9.17, 15) is 0 Å². The Hall–Kier alpha value is -0.0800. The molecule has 1 saturated heterocycles. The second kappa shape index (κ2) is 9.78. The van der Waals surface area contributed by atoms with Crippen LogP contribution >= 0.6 is 0 Å². The Balaban J connectivity index is 0.000000200. The number of nitrogens with zero attached hydrogens (tertiary/aromatic N) is 1. The molecule has 0 bridgehead atoms. The molecule has 120 valence electrons. The van der Waals surface area contributed by atoms with Crippen molar-refractivity contribution in [1.29, 1.82) is 0 Å². The second-order valence-corrected chi connectivity index (χ2v) is 7.41. The molecule has 1 heterocycles. The standard InChI is InChI=1S/2C9H19N/c1-4-10-7-5-9(2,3)6-8-10;1-2-10-8-9-6-4-3-5-7-9/h4-8H2,1-3H3;9-10H,2-8H2,1H3. The van der Waals surface area contributed by atoms with Crippen molar-refractivity contribution in [3.05, 3.63) is 0 Å². The molecule has 1 N–H and O–H groups in total. The maximum absolute atomic E-state index is 3.42. The fraction of sp³-hybridized carbons (Fsp3) is 1.00. The second-order valence-electron chi connectivity index (χ2n) is 7.41. The molecule has 0 aromatic heterocycles. The minimum atomic E-state index is 0.617. The van der Waals surface area contributed by atoms with Gasteiger partial charge >= 0.3 is 0 Å². The van der Waals surface area contributed by atoms with E-state index in [2.05, 4.69) is 37.9 Å². The monoisotopic (exact) mass is 282 g/mol. The van der Waals surface area contributed by atoms with Gasteiger partial charge in [-0.25, -0.2) is 0 Å². The summed E-state index contributed by atoms with van der Waals surface area (Å²) in [5, 5.41) is 3.42. The van der Waals surface area contributed by atoms with Gasteiger partial charge in [0.1, 0.15) is 0 Å². The van der Waals surface area contributed by atoms with Crippen LogP contribution in [0.3, 0.4) is 0 Å². The third-order valence-electron chi connectivity index (χ3n) is 5.06. The third-order valence-corrected chi connectivity index (χ3v) is 5.06. The summed E-state index contributed by atoms with van der Waals surface area (Å²) in [6.07, 6.45) is 10.1. The molecule has 0 amide bonds. The van der Waals surface area contributed by atoms with Gasteiger partial charge in [0.15, 0.2) is 0 Å². The van der Waals surface area contributed by atoms with Gasteiger partial charge in [0, 0.05) is 0 Å². The van der Waals surface area contributed by atoms with Crippen LogP contribution in [0.2, 0.25) is 0 Å². The molecule has 0 unspecified atom stereocenters. The minimum Gasteiger partial charge on any atom is -0.317 e. The van der Waals surface area contributed by atoms with E-state index in [1.807, 2.05) is 0 Å². The van der Waals surface area contributed by atoms with Gasteiger partial charge in [-0.1, -0.05) is 47.0 Å². The predicted molar refractivity (Wildman–Crippen MR) is 90.2 cm³/mol. The van der Waals surface area contributed by atoms with E-state index in [0.29, 0.717) is 5.41 Å². The van der Waals surface area contributed by atoms with Gasteiger partial charge in [0.2, 0.25) is 0 Å². The summed E-state index contributed by atoms with van der Waals surface area (Å²) >= 11 is 0. The summed E-state index contributed by atoms with van der Waals surface area (Å²) < 4.78 is 0. The van der Waals surface area contributed by atoms with Gasteiger partial charge in [-0.15, -0.1) is 0 Å². The van der Waals surface area contributed by atoms with Crippen molar-refractivity contribution in [2.75, 3.05) is 32.7 Å². The molecule has 2 aliphatic rings. The maximum atomic E-state index is 3.42. The molecule has 1 aliphatic carbocycles. The third kappa shape index (κ3) is 7.64. The van der Waals surface area contributed by atoms with Crippen molar-refractivity contribution < 1.29 is 0 Å². The van der Waals surface area contributed by atoms with Gasteiger partial charge in [-0.3, -0.25) is 0 Å². The van der Waals surface area contributed by atoms with Crippen LogP contribution in [-0.4, -0.2) is 37.6 Å². The first-order valence-electron chi connectivity index (χ1n) is 9.00. The zero-order chi connectivity index (χ0) is 14.8. The quantitative estimate of drug-likeness (QED) is 0.827. The minimum absolute atomic E-state index is 0.617. The summed E-state index contributed by atoms with van der Waals surface area (Å²) in [5.74, 6) is 0.994. The Labute approximate surface area is 127 Å². The number of nitrogens with one attached hydrogen (secondary N) is 1. The molecule has 2 rings (SSSR count). The van der Waals surface area contributed by atoms with Crippen molar-refractivity contribution in [2.24, 2.45) is 11.3 Å². The van der Waals surface area contributed by atoms with Crippen LogP contribution in [0.4, 0.5) is 0 Å². The summed E-state index contributed by atoms with van der Waals surface area (Å²) in [5.41, 5.74) is 0.617. The number of hydrogen-bond donors (Lipinski definition) is 1. The predicted octanol–water partition coefficient (Wildman–Crippen LogP) is 4.30. The Morgan fingerprint density at radius 2 is 1.60 bits per heavy atom. The van der Waals surface area contributed by atoms with E-state index in [4.69, 9.17) is 0 Å². The highest BCUT2D eigenvalue weighted by molar-refractivity contribution is 4.77. The normalized spacial score (nSPS) is 24.0. The summed E-state index contributed by atoms with van der Waals surface area (Å²) in [7, 11) is 0. The van der Waals surface area contributed by atoms with Crippen LogP contribution in [0.25, 0.3) is 0 Å². The smallest absolute Gasteiger partial charge is 0.00138 e. The average molecular weight is 283 g/mol. The SMILES string of the molecule is CCN1CCC(C)(C)CC1.CCNCC1CCCCC1. The van der Waals surface area contributed by atoms with Crippen LogP contribution in [0.1, 0.15) is 72.6 Å². The first-order valence-corrected chi connectivity index (χ1v) is 9.00. The van der Waals surface area contributed by atoms with Crippen LogP contribution in [0.15, 0.2) is 0 Å². The highest BCUT2D eigenvalue weighted by atomic mass is 15.1. The molecule has 0 aromatic carbocycles. The first-order chi connectivity index (χ1) is 9.57. The van der Waals surface area contributed by atoms with Gasteiger partial charge < -0.3 is 10.2 Å². The lowest BCUT2D eigenvalue weighted by atomic mass is 9.83. The van der Waals surface area contributed by atoms with E-state index >= 15 is 0 Å². The lowest BCUT2D eigenvalue weighted by Gasteiger charge is -2.36. The van der Waals surface area contributed by atoms with Crippen LogP contribution < -0.4 is 5.32 Å². The molecule has 1 saturated carbocycles. The zero-order valence-corrected chi connectivity index (χ0v) is 14.5. The van der Waals surface area contributed by atoms with Crippen LogP contribution in [0.5, 0.6) is 0 Å². The lowest BCUT2D eigenvalue weighted by Crippen LogP contribution is -2.36. The Morgan fingerprint density at radius 3 is 2.10 bits per heavy atom. The molecular formula is C18H38N2. The molecule has 0 atom stereocenters. The molecule has 1 aliphatic heterocycles. The van der Waals surface area contributed by atoms with Crippen molar-refractivity contribution in [1.82, 2.24) is 10.2 Å². The topological polar surface area (TPSA) is 15.3 Å².